The van der Waals surface area contributed by atoms with Crippen molar-refractivity contribution in [1.29, 1.82) is 0 Å². The quantitative estimate of drug-likeness (QED) is 0.790. The molecule has 0 unspecified atom stereocenters. The van der Waals surface area contributed by atoms with Crippen LogP contribution in [0.15, 0.2) is 23.2 Å². The van der Waals surface area contributed by atoms with Crippen LogP contribution in [0.25, 0.3) is 0 Å². The van der Waals surface area contributed by atoms with Crippen molar-refractivity contribution in [3.8, 4) is 11.5 Å². The fourth-order valence-corrected chi connectivity index (χ4v) is 3.28. The summed E-state index contributed by atoms with van der Waals surface area (Å²) < 4.78 is 5.42. The summed E-state index contributed by atoms with van der Waals surface area (Å²) in [5.41, 5.74) is 0.979. The first-order chi connectivity index (χ1) is 10.6. The number of nitrogens with zero attached hydrogens (tertiary/aromatic N) is 1. The molecular weight excluding hydrogens is 276 g/mol. The van der Waals surface area contributed by atoms with Crippen LogP contribution < -0.4 is 9.64 Å². The molecule has 2 N–H and O–H groups in total. The SMILES string of the molecule is CCOc1cccc(C=NCC2([NH+](C)C)CCCCC2)c1O. The summed E-state index contributed by atoms with van der Waals surface area (Å²) in [5.74, 6) is 0.708. The third kappa shape index (κ3) is 3.80. The minimum atomic E-state index is 0.183. The van der Waals surface area contributed by atoms with E-state index in [0.29, 0.717) is 12.4 Å². The lowest BCUT2D eigenvalue weighted by atomic mass is 9.81. The zero-order valence-corrected chi connectivity index (χ0v) is 14.1. The maximum Gasteiger partial charge on any atom is 0.166 e. The van der Waals surface area contributed by atoms with Gasteiger partial charge in [0, 0.05) is 24.6 Å². The smallest absolute Gasteiger partial charge is 0.166 e. The normalized spacial score (nSPS) is 18.0. The van der Waals surface area contributed by atoms with E-state index in [9.17, 15) is 5.11 Å². The first-order valence-corrected chi connectivity index (χ1v) is 8.34. The third-order valence-electron chi connectivity index (χ3n) is 4.83. The second kappa shape index (κ2) is 7.63. The van der Waals surface area contributed by atoms with E-state index in [1.54, 1.807) is 12.3 Å². The number of hydrogen-bond donors (Lipinski definition) is 2. The van der Waals surface area contributed by atoms with E-state index in [1.165, 1.54) is 37.0 Å². The first-order valence-electron chi connectivity index (χ1n) is 8.34. The number of likely N-dealkylation sites (N-methyl/N-ethyl adjacent to an activating group) is 1. The predicted molar refractivity (Wildman–Crippen MR) is 90.4 cm³/mol. The molecule has 0 aromatic heterocycles. The fourth-order valence-electron chi connectivity index (χ4n) is 3.28. The maximum atomic E-state index is 10.2. The molecule has 0 heterocycles. The molecule has 1 aromatic rings. The number of benzene rings is 1. The summed E-state index contributed by atoms with van der Waals surface area (Å²) >= 11 is 0. The van der Waals surface area contributed by atoms with E-state index in [1.807, 2.05) is 19.1 Å². The molecule has 0 atom stereocenters. The van der Waals surface area contributed by atoms with Gasteiger partial charge in [-0.2, -0.15) is 0 Å². The molecule has 1 aromatic carbocycles. The molecule has 122 valence electrons. The van der Waals surface area contributed by atoms with Crippen LogP contribution in [-0.2, 0) is 0 Å². The Hall–Kier alpha value is -1.55. The molecule has 0 radical (unpaired) electrons. The van der Waals surface area contributed by atoms with Crippen molar-refractivity contribution in [3.05, 3.63) is 23.8 Å². The number of quaternary nitrogens is 1. The Morgan fingerprint density at radius 3 is 2.64 bits per heavy atom. The van der Waals surface area contributed by atoms with Crippen molar-refractivity contribution in [2.24, 2.45) is 4.99 Å². The number of nitrogens with one attached hydrogen (secondary N) is 1. The number of ether oxygens (including phenoxy) is 1. The molecule has 1 aliphatic carbocycles. The van der Waals surface area contributed by atoms with Gasteiger partial charge in [-0.15, -0.1) is 0 Å². The molecule has 1 fully saturated rings. The molecule has 2 rings (SSSR count). The Balaban J connectivity index is 2.09. The molecule has 4 heteroatoms. The Kier molecular flexibility index (Phi) is 5.83. The molecule has 0 bridgehead atoms. The number of phenolic OH excluding ortho intramolecular Hbond substituents is 1. The summed E-state index contributed by atoms with van der Waals surface area (Å²) in [4.78, 5) is 6.14. The molecule has 0 spiro atoms. The highest BCUT2D eigenvalue weighted by Gasteiger charge is 2.37. The number of hydrogen-bond acceptors (Lipinski definition) is 3. The van der Waals surface area contributed by atoms with Crippen LogP contribution in [0.3, 0.4) is 0 Å². The van der Waals surface area contributed by atoms with Crippen molar-refractivity contribution in [2.45, 2.75) is 44.6 Å². The summed E-state index contributed by atoms with van der Waals surface area (Å²) in [6.07, 6.45) is 8.19. The second-order valence-corrected chi connectivity index (χ2v) is 6.44. The number of phenols is 1. The molecule has 1 saturated carbocycles. The molecule has 0 amide bonds. The predicted octanol–water partition coefficient (Wildman–Crippen LogP) is 2.06. The van der Waals surface area contributed by atoms with Gasteiger partial charge < -0.3 is 14.7 Å². The maximum absolute atomic E-state index is 10.2. The van der Waals surface area contributed by atoms with Crippen LogP contribution in [-0.4, -0.2) is 44.1 Å². The number of aliphatic imine (C=N–C) groups is 1. The lowest BCUT2D eigenvalue weighted by Crippen LogP contribution is -3.16. The highest BCUT2D eigenvalue weighted by atomic mass is 16.5. The average Bonchev–Trinajstić information content (AvgIpc) is 2.52. The van der Waals surface area contributed by atoms with Gasteiger partial charge in [0.05, 0.1) is 27.2 Å². The minimum absolute atomic E-state index is 0.183. The summed E-state index contributed by atoms with van der Waals surface area (Å²) in [5, 5.41) is 10.2. The van der Waals surface area contributed by atoms with Crippen LogP contribution >= 0.6 is 0 Å². The van der Waals surface area contributed by atoms with Crippen molar-refractivity contribution < 1.29 is 14.7 Å². The summed E-state index contributed by atoms with van der Waals surface area (Å²) in [6, 6.07) is 5.54. The Bertz CT molecular complexity index is 506. The lowest BCUT2D eigenvalue weighted by molar-refractivity contribution is -0.915. The van der Waals surface area contributed by atoms with Crippen molar-refractivity contribution in [1.82, 2.24) is 0 Å². The Morgan fingerprint density at radius 2 is 2.00 bits per heavy atom. The van der Waals surface area contributed by atoms with Crippen molar-refractivity contribution >= 4 is 6.21 Å². The molecular formula is C18H29N2O2+. The lowest BCUT2D eigenvalue weighted by Gasteiger charge is -2.38. The average molecular weight is 305 g/mol. The van der Waals surface area contributed by atoms with Crippen LogP contribution in [0, 0.1) is 0 Å². The van der Waals surface area contributed by atoms with E-state index >= 15 is 0 Å². The monoisotopic (exact) mass is 305 g/mol. The second-order valence-electron chi connectivity index (χ2n) is 6.44. The molecule has 0 saturated heterocycles. The minimum Gasteiger partial charge on any atom is -0.504 e. The van der Waals surface area contributed by atoms with E-state index in [0.717, 1.165) is 12.1 Å². The zero-order chi connectivity index (χ0) is 16.0. The van der Waals surface area contributed by atoms with Crippen molar-refractivity contribution in [2.75, 3.05) is 27.2 Å². The topological polar surface area (TPSA) is 46.3 Å². The molecule has 4 nitrogen and oxygen atoms in total. The summed E-state index contributed by atoms with van der Waals surface area (Å²) in [7, 11) is 4.46. The Morgan fingerprint density at radius 1 is 1.27 bits per heavy atom. The van der Waals surface area contributed by atoms with Gasteiger partial charge in [0.2, 0.25) is 0 Å². The largest absolute Gasteiger partial charge is 0.504 e. The van der Waals surface area contributed by atoms with Gasteiger partial charge in [-0.05, 0) is 31.9 Å². The Labute approximate surface area is 133 Å². The zero-order valence-electron chi connectivity index (χ0n) is 14.1. The van der Waals surface area contributed by atoms with Crippen LogP contribution in [0.4, 0.5) is 0 Å². The van der Waals surface area contributed by atoms with Gasteiger partial charge in [-0.1, -0.05) is 12.5 Å². The highest BCUT2D eigenvalue weighted by Crippen LogP contribution is 2.29. The standard InChI is InChI=1S/C18H28N2O2/c1-4-22-16-10-8-9-15(17(16)21)13-19-14-18(20(2)3)11-6-5-7-12-18/h8-10,13,21H,4-7,11-12,14H2,1-3H3/p+1. The third-order valence-corrected chi connectivity index (χ3v) is 4.83. The molecule has 22 heavy (non-hydrogen) atoms. The fraction of sp³-hybridized carbons (Fsp3) is 0.611. The number of aromatic hydroxyl groups is 1. The summed E-state index contributed by atoms with van der Waals surface area (Å²) in [6.45, 7) is 3.27. The van der Waals surface area contributed by atoms with Crippen LogP contribution in [0.1, 0.15) is 44.6 Å². The van der Waals surface area contributed by atoms with Gasteiger partial charge in [0.1, 0.15) is 5.54 Å². The van der Waals surface area contributed by atoms with Crippen LogP contribution in [0.5, 0.6) is 11.5 Å². The van der Waals surface area contributed by atoms with Crippen LogP contribution in [0.2, 0.25) is 0 Å². The van der Waals surface area contributed by atoms with Gasteiger partial charge in [-0.3, -0.25) is 4.99 Å². The van der Waals surface area contributed by atoms with Gasteiger partial charge >= 0.3 is 0 Å². The highest BCUT2D eigenvalue weighted by molar-refractivity contribution is 5.84. The number of para-hydroxylation sites is 1. The molecule has 0 aliphatic heterocycles. The van der Waals surface area contributed by atoms with Crippen molar-refractivity contribution in [3.63, 3.8) is 0 Å². The van der Waals surface area contributed by atoms with Gasteiger partial charge in [0.15, 0.2) is 11.5 Å². The molecule has 1 aliphatic rings. The van der Waals surface area contributed by atoms with Gasteiger partial charge in [0.25, 0.3) is 0 Å². The van der Waals surface area contributed by atoms with E-state index in [-0.39, 0.29) is 11.3 Å². The number of rotatable bonds is 6. The van der Waals surface area contributed by atoms with Gasteiger partial charge in [-0.25, -0.2) is 0 Å². The van der Waals surface area contributed by atoms with E-state index in [2.05, 4.69) is 19.1 Å². The van der Waals surface area contributed by atoms with E-state index < -0.39 is 0 Å². The first kappa shape index (κ1) is 16.8. The van der Waals surface area contributed by atoms with E-state index in [4.69, 9.17) is 4.74 Å².